The van der Waals surface area contributed by atoms with Crippen molar-refractivity contribution in [3.8, 4) is 5.75 Å². The van der Waals surface area contributed by atoms with E-state index in [4.69, 9.17) is 4.74 Å². The third-order valence-corrected chi connectivity index (χ3v) is 5.64. The van der Waals surface area contributed by atoms with Crippen LogP contribution in [0.2, 0.25) is 0 Å². The molecule has 23 heavy (non-hydrogen) atoms. The molecule has 1 saturated heterocycles. The first-order valence-electron chi connectivity index (χ1n) is 7.87. The fourth-order valence-electron chi connectivity index (χ4n) is 2.48. The van der Waals surface area contributed by atoms with Gasteiger partial charge < -0.3 is 9.64 Å². The lowest BCUT2D eigenvalue weighted by molar-refractivity contribution is 0.0698. The minimum atomic E-state index is -3.17. The maximum Gasteiger partial charge on any atom is 0.253 e. The summed E-state index contributed by atoms with van der Waals surface area (Å²) in [6.07, 6.45) is 0.0881. The molecular formula is C16H24N2O4S. The molecule has 0 N–H and O–H groups in total. The Hall–Kier alpha value is -1.60. The van der Waals surface area contributed by atoms with E-state index >= 15 is 0 Å². The maximum atomic E-state index is 12.5. The van der Waals surface area contributed by atoms with Gasteiger partial charge in [-0.3, -0.25) is 4.79 Å². The number of carbonyl (C=O) groups excluding carboxylic acids is 1. The first-order chi connectivity index (χ1) is 10.8. The first-order valence-corrected chi connectivity index (χ1v) is 9.48. The van der Waals surface area contributed by atoms with E-state index in [-0.39, 0.29) is 17.8 Å². The molecule has 128 valence electrons. The van der Waals surface area contributed by atoms with Gasteiger partial charge in [0.25, 0.3) is 5.91 Å². The molecule has 1 aliphatic heterocycles. The number of ether oxygens (including phenoxy) is 1. The van der Waals surface area contributed by atoms with Crippen LogP contribution in [0.4, 0.5) is 0 Å². The molecule has 6 nitrogen and oxygen atoms in total. The molecule has 1 heterocycles. The first kappa shape index (κ1) is 17.7. The number of hydrogen-bond acceptors (Lipinski definition) is 4. The van der Waals surface area contributed by atoms with Crippen LogP contribution in [0.15, 0.2) is 24.3 Å². The Morgan fingerprint density at radius 1 is 1.13 bits per heavy atom. The highest BCUT2D eigenvalue weighted by molar-refractivity contribution is 7.89. The molecule has 1 aromatic rings. The van der Waals surface area contributed by atoms with Crippen molar-refractivity contribution in [2.45, 2.75) is 26.9 Å². The molecule has 0 aliphatic carbocycles. The van der Waals surface area contributed by atoms with Gasteiger partial charge in [-0.15, -0.1) is 0 Å². The number of nitrogens with zero attached hydrogens (tertiary/aromatic N) is 2. The minimum Gasteiger partial charge on any atom is -0.491 e. The van der Waals surface area contributed by atoms with Crippen LogP contribution in [0, 0.1) is 0 Å². The van der Waals surface area contributed by atoms with Crippen molar-refractivity contribution >= 4 is 15.9 Å². The van der Waals surface area contributed by atoms with E-state index < -0.39 is 10.0 Å². The molecule has 0 bridgehead atoms. The topological polar surface area (TPSA) is 66.9 Å². The Morgan fingerprint density at radius 3 is 2.17 bits per heavy atom. The summed E-state index contributed by atoms with van der Waals surface area (Å²) in [4.78, 5) is 14.2. The Labute approximate surface area is 138 Å². The second-order valence-corrected chi connectivity index (χ2v) is 8.04. The third kappa shape index (κ3) is 4.45. The average molecular weight is 340 g/mol. The van der Waals surface area contributed by atoms with Crippen LogP contribution in [-0.2, 0) is 10.0 Å². The zero-order valence-electron chi connectivity index (χ0n) is 13.9. The summed E-state index contributed by atoms with van der Waals surface area (Å²) in [6, 6.07) is 7.06. The van der Waals surface area contributed by atoms with Crippen molar-refractivity contribution in [3.05, 3.63) is 29.8 Å². The van der Waals surface area contributed by atoms with Crippen LogP contribution in [0.1, 0.15) is 31.1 Å². The summed E-state index contributed by atoms with van der Waals surface area (Å²) in [5.74, 6) is 0.753. The van der Waals surface area contributed by atoms with Crippen molar-refractivity contribution in [2.24, 2.45) is 0 Å². The Balaban J connectivity index is 1.97. The molecule has 1 amide bonds. The highest BCUT2D eigenvalue weighted by Crippen LogP contribution is 2.16. The van der Waals surface area contributed by atoms with Gasteiger partial charge in [0, 0.05) is 31.7 Å². The summed E-state index contributed by atoms with van der Waals surface area (Å²) in [5, 5.41) is 0. The van der Waals surface area contributed by atoms with Gasteiger partial charge in [-0.05, 0) is 45.0 Å². The van der Waals surface area contributed by atoms with Gasteiger partial charge in [0.05, 0.1) is 11.9 Å². The number of amides is 1. The van der Waals surface area contributed by atoms with Gasteiger partial charge in [-0.1, -0.05) is 0 Å². The second-order valence-electron chi connectivity index (χ2n) is 5.78. The van der Waals surface area contributed by atoms with Crippen molar-refractivity contribution in [1.29, 1.82) is 0 Å². The van der Waals surface area contributed by atoms with Gasteiger partial charge >= 0.3 is 0 Å². The molecule has 0 saturated carbocycles. The molecular weight excluding hydrogens is 316 g/mol. The predicted octanol–water partition coefficient (Wildman–Crippen LogP) is 1.58. The molecule has 0 atom stereocenters. The third-order valence-electron chi connectivity index (χ3n) is 3.76. The fourth-order valence-corrected chi connectivity index (χ4v) is 3.57. The summed E-state index contributed by atoms with van der Waals surface area (Å²) >= 11 is 0. The van der Waals surface area contributed by atoms with Gasteiger partial charge in [0.15, 0.2) is 0 Å². The van der Waals surface area contributed by atoms with Crippen LogP contribution >= 0.6 is 0 Å². The van der Waals surface area contributed by atoms with E-state index in [0.717, 1.165) is 5.75 Å². The molecule has 2 rings (SSSR count). The number of hydrogen-bond donors (Lipinski definition) is 0. The van der Waals surface area contributed by atoms with Crippen LogP contribution in [0.3, 0.4) is 0 Å². The maximum absolute atomic E-state index is 12.5. The number of carbonyl (C=O) groups is 1. The fraction of sp³-hybridized carbons (Fsp3) is 0.562. The monoisotopic (exact) mass is 340 g/mol. The number of rotatable bonds is 5. The molecule has 0 unspecified atom stereocenters. The minimum absolute atomic E-state index is 0.0744. The predicted molar refractivity (Wildman–Crippen MR) is 89.1 cm³/mol. The van der Waals surface area contributed by atoms with E-state index in [1.807, 2.05) is 13.8 Å². The zero-order chi connectivity index (χ0) is 17.0. The molecule has 7 heteroatoms. The van der Waals surface area contributed by atoms with Crippen molar-refractivity contribution < 1.29 is 17.9 Å². The summed E-state index contributed by atoms with van der Waals surface area (Å²) in [5.41, 5.74) is 0.591. The van der Waals surface area contributed by atoms with E-state index in [0.29, 0.717) is 31.7 Å². The van der Waals surface area contributed by atoms with Gasteiger partial charge in [-0.25, -0.2) is 8.42 Å². The van der Waals surface area contributed by atoms with Crippen LogP contribution in [0.25, 0.3) is 0 Å². The van der Waals surface area contributed by atoms with Crippen LogP contribution in [-0.4, -0.2) is 61.6 Å². The van der Waals surface area contributed by atoms with Crippen molar-refractivity contribution in [2.75, 3.05) is 31.9 Å². The number of benzene rings is 1. The van der Waals surface area contributed by atoms with Gasteiger partial charge in [0.2, 0.25) is 10.0 Å². The molecule has 1 aliphatic rings. The molecule has 1 fully saturated rings. The lowest BCUT2D eigenvalue weighted by Gasteiger charge is -2.33. The number of sulfonamides is 1. The quantitative estimate of drug-likeness (QED) is 0.816. The Kier molecular flexibility index (Phi) is 5.64. The highest BCUT2D eigenvalue weighted by atomic mass is 32.2. The number of piperazine rings is 1. The van der Waals surface area contributed by atoms with Gasteiger partial charge in [-0.2, -0.15) is 4.31 Å². The Bertz CT molecular complexity index is 633. The largest absolute Gasteiger partial charge is 0.491 e. The molecule has 0 spiro atoms. The normalized spacial score (nSPS) is 16.6. The van der Waals surface area contributed by atoms with Crippen LogP contribution < -0.4 is 4.74 Å². The second kappa shape index (κ2) is 7.31. The van der Waals surface area contributed by atoms with Crippen molar-refractivity contribution in [1.82, 2.24) is 9.21 Å². The molecule has 0 aromatic heterocycles. The van der Waals surface area contributed by atoms with E-state index in [1.165, 1.54) is 4.31 Å². The van der Waals surface area contributed by atoms with E-state index in [9.17, 15) is 13.2 Å². The van der Waals surface area contributed by atoms with Crippen LogP contribution in [0.5, 0.6) is 5.75 Å². The van der Waals surface area contributed by atoms with Gasteiger partial charge in [0.1, 0.15) is 5.75 Å². The molecule has 0 radical (unpaired) electrons. The summed E-state index contributed by atoms with van der Waals surface area (Å²) in [6.45, 7) is 7.08. The highest BCUT2D eigenvalue weighted by Gasteiger charge is 2.27. The lowest BCUT2D eigenvalue weighted by atomic mass is 10.2. The molecule has 1 aromatic carbocycles. The lowest BCUT2D eigenvalue weighted by Crippen LogP contribution is -2.50. The Morgan fingerprint density at radius 2 is 1.70 bits per heavy atom. The average Bonchev–Trinajstić information content (AvgIpc) is 2.54. The van der Waals surface area contributed by atoms with Crippen molar-refractivity contribution in [3.63, 3.8) is 0 Å². The zero-order valence-corrected chi connectivity index (χ0v) is 14.7. The smallest absolute Gasteiger partial charge is 0.253 e. The summed E-state index contributed by atoms with van der Waals surface area (Å²) < 4.78 is 30.7. The van der Waals surface area contributed by atoms with E-state index in [1.54, 1.807) is 36.1 Å². The van der Waals surface area contributed by atoms with E-state index in [2.05, 4.69) is 0 Å². The summed E-state index contributed by atoms with van der Waals surface area (Å²) in [7, 11) is -3.17. The standard InChI is InChI=1S/C16H24N2O4S/c1-4-23(20,21)18-11-9-17(10-12-18)16(19)14-5-7-15(8-6-14)22-13(2)3/h5-8,13H,4,9-12H2,1-3H3. The SMILES string of the molecule is CCS(=O)(=O)N1CCN(C(=O)c2ccc(OC(C)C)cc2)CC1.